The van der Waals surface area contributed by atoms with Gasteiger partial charge in [0.05, 0.1) is 5.92 Å². The van der Waals surface area contributed by atoms with Crippen molar-refractivity contribution in [2.24, 2.45) is 5.92 Å². The highest BCUT2D eigenvalue weighted by Crippen LogP contribution is 2.12. The van der Waals surface area contributed by atoms with E-state index in [-0.39, 0.29) is 12.5 Å². The Morgan fingerprint density at radius 1 is 1.20 bits per heavy atom. The molecule has 0 spiro atoms. The normalized spacial score (nSPS) is 15.4. The maximum Gasteiger partial charge on any atom is 0.441 e. The first-order chi connectivity index (χ1) is 9.75. The van der Waals surface area contributed by atoms with Crippen molar-refractivity contribution in [3.8, 4) is 0 Å². The summed E-state index contributed by atoms with van der Waals surface area (Å²) in [6.45, 7) is 1.72. The molecule has 2 rings (SSSR count). The number of carbonyl (C=O) groups excluding carboxylic acids is 2. The molecule has 0 atom stereocenters. The van der Waals surface area contributed by atoms with Crippen LogP contribution in [0.25, 0.3) is 0 Å². The maximum absolute atomic E-state index is 11.7. The predicted molar refractivity (Wildman–Crippen MR) is 71.4 cm³/mol. The highest BCUT2D eigenvalue weighted by molar-refractivity contribution is 5.75. The van der Waals surface area contributed by atoms with E-state index in [9.17, 15) is 9.59 Å². The number of amides is 1. The fourth-order valence-corrected chi connectivity index (χ4v) is 1.99. The monoisotopic (exact) mass is 278 g/mol. The Kier molecular flexibility index (Phi) is 5.37. The van der Waals surface area contributed by atoms with Crippen molar-refractivity contribution < 1.29 is 19.2 Å². The van der Waals surface area contributed by atoms with Gasteiger partial charge in [0.2, 0.25) is 0 Å². The number of rotatable bonds is 3. The van der Waals surface area contributed by atoms with E-state index in [4.69, 9.17) is 9.57 Å². The summed E-state index contributed by atoms with van der Waals surface area (Å²) in [6, 6.07) is 9.27. The molecule has 1 amide bonds. The lowest BCUT2D eigenvalue weighted by Crippen LogP contribution is -2.36. The van der Waals surface area contributed by atoms with E-state index in [1.165, 1.54) is 0 Å². The van der Waals surface area contributed by atoms with Crippen molar-refractivity contribution in [1.82, 2.24) is 10.8 Å². The second-order valence-corrected chi connectivity index (χ2v) is 4.61. The van der Waals surface area contributed by atoms with Crippen LogP contribution in [0.2, 0.25) is 0 Å². The van der Waals surface area contributed by atoms with Gasteiger partial charge in [0, 0.05) is 0 Å². The SMILES string of the molecule is O=C(NOC(=O)C1CCNCC1)OCc1ccccc1. The number of hydroxylamine groups is 1. The number of hydrogen-bond acceptors (Lipinski definition) is 5. The lowest BCUT2D eigenvalue weighted by atomic mass is 9.99. The molecule has 1 aliphatic heterocycles. The molecule has 1 fully saturated rings. The molecule has 0 saturated carbocycles. The Hall–Kier alpha value is -2.08. The van der Waals surface area contributed by atoms with Gasteiger partial charge in [-0.3, -0.25) is 0 Å². The lowest BCUT2D eigenvalue weighted by molar-refractivity contribution is -0.155. The Balaban J connectivity index is 1.65. The van der Waals surface area contributed by atoms with Gasteiger partial charge in [-0.05, 0) is 31.5 Å². The van der Waals surface area contributed by atoms with Gasteiger partial charge in [-0.15, -0.1) is 5.48 Å². The van der Waals surface area contributed by atoms with E-state index in [1.54, 1.807) is 0 Å². The first-order valence-electron chi connectivity index (χ1n) is 6.64. The summed E-state index contributed by atoms with van der Waals surface area (Å²) in [4.78, 5) is 27.8. The highest BCUT2D eigenvalue weighted by atomic mass is 16.7. The molecular weight excluding hydrogens is 260 g/mol. The van der Waals surface area contributed by atoms with Crippen LogP contribution in [0.4, 0.5) is 4.79 Å². The van der Waals surface area contributed by atoms with E-state index in [2.05, 4.69) is 5.32 Å². The van der Waals surface area contributed by atoms with Crippen LogP contribution >= 0.6 is 0 Å². The summed E-state index contributed by atoms with van der Waals surface area (Å²) in [5, 5.41) is 3.15. The van der Waals surface area contributed by atoms with Gasteiger partial charge < -0.3 is 14.9 Å². The van der Waals surface area contributed by atoms with Gasteiger partial charge in [0.25, 0.3) is 0 Å². The van der Waals surface area contributed by atoms with E-state index in [0.29, 0.717) is 0 Å². The van der Waals surface area contributed by atoms with Gasteiger partial charge in [0.15, 0.2) is 0 Å². The zero-order valence-electron chi connectivity index (χ0n) is 11.1. The van der Waals surface area contributed by atoms with Crippen molar-refractivity contribution in [3.05, 3.63) is 35.9 Å². The standard InChI is InChI=1S/C14H18N2O4/c17-13(12-6-8-15-9-7-12)20-16-14(18)19-10-11-4-2-1-3-5-11/h1-5,12,15H,6-10H2,(H,16,18). The molecule has 0 aliphatic carbocycles. The minimum Gasteiger partial charge on any atom is -0.443 e. The Labute approximate surface area is 117 Å². The minimum absolute atomic E-state index is 0.136. The fourth-order valence-electron chi connectivity index (χ4n) is 1.99. The van der Waals surface area contributed by atoms with Crippen LogP contribution in [0.15, 0.2) is 30.3 Å². The third kappa shape index (κ3) is 4.55. The molecule has 6 nitrogen and oxygen atoms in total. The summed E-state index contributed by atoms with van der Waals surface area (Å²) in [7, 11) is 0. The molecule has 0 radical (unpaired) electrons. The zero-order valence-corrected chi connectivity index (χ0v) is 11.1. The van der Waals surface area contributed by atoms with Crippen LogP contribution in [-0.2, 0) is 21.0 Å². The number of piperidine rings is 1. The average Bonchev–Trinajstić information content (AvgIpc) is 2.52. The van der Waals surface area contributed by atoms with Crippen molar-refractivity contribution in [3.63, 3.8) is 0 Å². The average molecular weight is 278 g/mol. The summed E-state index contributed by atoms with van der Waals surface area (Å²) >= 11 is 0. The molecule has 1 aliphatic rings. The Morgan fingerprint density at radius 2 is 1.90 bits per heavy atom. The molecule has 108 valence electrons. The van der Waals surface area contributed by atoms with Crippen molar-refractivity contribution in [2.75, 3.05) is 13.1 Å². The van der Waals surface area contributed by atoms with Gasteiger partial charge >= 0.3 is 12.1 Å². The van der Waals surface area contributed by atoms with Crippen molar-refractivity contribution >= 4 is 12.1 Å². The largest absolute Gasteiger partial charge is 0.443 e. The van der Waals surface area contributed by atoms with Crippen molar-refractivity contribution in [2.45, 2.75) is 19.4 Å². The van der Waals surface area contributed by atoms with E-state index in [0.717, 1.165) is 31.5 Å². The number of hydrogen-bond donors (Lipinski definition) is 2. The predicted octanol–water partition coefficient (Wildman–Crippen LogP) is 1.37. The second-order valence-electron chi connectivity index (χ2n) is 4.61. The zero-order chi connectivity index (χ0) is 14.2. The van der Waals surface area contributed by atoms with Crippen LogP contribution in [0.3, 0.4) is 0 Å². The molecule has 0 bridgehead atoms. The van der Waals surface area contributed by atoms with Crippen LogP contribution in [0, 0.1) is 5.92 Å². The van der Waals surface area contributed by atoms with Crippen LogP contribution in [-0.4, -0.2) is 25.2 Å². The summed E-state index contributed by atoms with van der Waals surface area (Å²) in [6.07, 6.45) is 0.676. The van der Waals surface area contributed by atoms with Crippen LogP contribution in [0.1, 0.15) is 18.4 Å². The maximum atomic E-state index is 11.7. The van der Waals surface area contributed by atoms with Crippen LogP contribution < -0.4 is 10.8 Å². The molecule has 2 N–H and O–H groups in total. The Morgan fingerprint density at radius 3 is 2.60 bits per heavy atom. The molecule has 1 saturated heterocycles. The molecule has 1 aromatic rings. The molecule has 0 unspecified atom stereocenters. The number of nitrogens with one attached hydrogen (secondary N) is 2. The Bertz CT molecular complexity index is 444. The lowest BCUT2D eigenvalue weighted by Gasteiger charge is -2.20. The molecule has 6 heteroatoms. The first-order valence-corrected chi connectivity index (χ1v) is 6.64. The van der Waals surface area contributed by atoms with Gasteiger partial charge in [-0.2, -0.15) is 0 Å². The molecule has 0 aromatic heterocycles. The highest BCUT2D eigenvalue weighted by Gasteiger charge is 2.23. The summed E-state index contributed by atoms with van der Waals surface area (Å²) < 4.78 is 4.93. The summed E-state index contributed by atoms with van der Waals surface area (Å²) in [5.41, 5.74) is 2.89. The fraction of sp³-hybridized carbons (Fsp3) is 0.429. The third-order valence-electron chi connectivity index (χ3n) is 3.12. The van der Waals surface area contributed by atoms with Gasteiger partial charge in [-0.25, -0.2) is 9.59 Å². The quantitative estimate of drug-likeness (QED) is 0.817. The molecule has 1 aromatic carbocycles. The van der Waals surface area contributed by atoms with Crippen LogP contribution in [0.5, 0.6) is 0 Å². The van der Waals surface area contributed by atoms with E-state index >= 15 is 0 Å². The molecule has 20 heavy (non-hydrogen) atoms. The topological polar surface area (TPSA) is 76.7 Å². The summed E-state index contributed by atoms with van der Waals surface area (Å²) in [5.74, 6) is -0.575. The second kappa shape index (κ2) is 7.49. The van der Waals surface area contributed by atoms with E-state index < -0.39 is 12.1 Å². The third-order valence-corrected chi connectivity index (χ3v) is 3.12. The first kappa shape index (κ1) is 14.3. The minimum atomic E-state index is -0.767. The smallest absolute Gasteiger partial charge is 0.441 e. The van der Waals surface area contributed by atoms with E-state index in [1.807, 2.05) is 35.8 Å². The van der Waals surface area contributed by atoms with Gasteiger partial charge in [-0.1, -0.05) is 30.3 Å². The van der Waals surface area contributed by atoms with Crippen molar-refractivity contribution in [1.29, 1.82) is 0 Å². The molecular formula is C14H18N2O4. The number of benzene rings is 1. The molecule has 1 heterocycles. The number of carbonyl (C=O) groups is 2. The number of ether oxygens (including phenoxy) is 1. The van der Waals surface area contributed by atoms with Gasteiger partial charge in [0.1, 0.15) is 6.61 Å².